The number of piperidine rings is 1. The molecule has 7 nitrogen and oxygen atoms in total. The fourth-order valence-corrected chi connectivity index (χ4v) is 4.89. The average molecular weight is 421 g/mol. The van der Waals surface area contributed by atoms with E-state index in [1.807, 2.05) is 29.2 Å². The maximum absolute atomic E-state index is 11.9. The van der Waals surface area contributed by atoms with Crippen LogP contribution < -0.4 is 14.2 Å². The molecular weight excluding hydrogens is 394 g/mol. The lowest BCUT2D eigenvalue weighted by Crippen LogP contribution is -2.59. The number of rotatable bonds is 3. The predicted octanol–water partition coefficient (Wildman–Crippen LogP) is 3.59. The Morgan fingerprint density at radius 3 is 2.48 bits per heavy atom. The molecule has 2 aromatic carbocycles. The Morgan fingerprint density at radius 1 is 1.10 bits per heavy atom. The second kappa shape index (κ2) is 7.48. The Balaban J connectivity index is 1.55. The van der Waals surface area contributed by atoms with E-state index in [0.29, 0.717) is 25.9 Å². The van der Waals surface area contributed by atoms with Crippen molar-refractivity contribution >= 4 is 11.6 Å². The molecule has 0 aliphatic carbocycles. The summed E-state index contributed by atoms with van der Waals surface area (Å²) >= 11 is 0. The number of carbonyl (C=O) groups is 1. The van der Waals surface area contributed by atoms with Crippen molar-refractivity contribution in [3.8, 4) is 17.2 Å². The van der Waals surface area contributed by atoms with Gasteiger partial charge in [0.2, 0.25) is 11.6 Å². The standard InChI is InChI=1S/C24H27N3O4/c1-16(28)26-13-11-24(12-14-26)27-21(19-5-4-6-22(30-3)23(19)31-24)15-20(25-27)17-7-9-18(29-2)10-8-17/h4-10,21H,11-15H2,1-3H3. The molecule has 3 aliphatic heterocycles. The summed E-state index contributed by atoms with van der Waals surface area (Å²) < 4.78 is 17.6. The Bertz CT molecular complexity index is 1030. The molecule has 3 aliphatic rings. The molecule has 1 amide bonds. The van der Waals surface area contributed by atoms with Gasteiger partial charge in [0.25, 0.3) is 0 Å². The van der Waals surface area contributed by atoms with Crippen molar-refractivity contribution in [3.63, 3.8) is 0 Å². The second-order valence-corrected chi connectivity index (χ2v) is 8.27. The minimum Gasteiger partial charge on any atom is -0.497 e. The van der Waals surface area contributed by atoms with Crippen LogP contribution in [0.2, 0.25) is 0 Å². The highest BCUT2D eigenvalue weighted by Crippen LogP contribution is 2.52. The molecule has 5 rings (SSSR count). The first kappa shape index (κ1) is 19.7. The summed E-state index contributed by atoms with van der Waals surface area (Å²) in [4.78, 5) is 13.8. The number of amides is 1. The number of hydrazone groups is 1. The lowest BCUT2D eigenvalue weighted by Gasteiger charge is -2.51. The number of methoxy groups -OCH3 is 2. The van der Waals surface area contributed by atoms with Crippen LogP contribution in [0.3, 0.4) is 0 Å². The van der Waals surface area contributed by atoms with Gasteiger partial charge in [-0.3, -0.25) is 4.79 Å². The molecule has 0 N–H and O–H groups in total. The number of hydrogen-bond acceptors (Lipinski definition) is 6. The summed E-state index contributed by atoms with van der Waals surface area (Å²) in [7, 11) is 3.34. The smallest absolute Gasteiger partial charge is 0.219 e. The average Bonchev–Trinajstić information content (AvgIpc) is 3.26. The van der Waals surface area contributed by atoms with E-state index in [9.17, 15) is 4.79 Å². The number of ether oxygens (including phenoxy) is 3. The van der Waals surface area contributed by atoms with Crippen molar-refractivity contribution in [1.82, 2.24) is 9.91 Å². The van der Waals surface area contributed by atoms with E-state index < -0.39 is 5.72 Å². The van der Waals surface area contributed by atoms with Crippen LogP contribution in [0.15, 0.2) is 47.6 Å². The number of nitrogens with zero attached hydrogens (tertiary/aromatic N) is 3. The van der Waals surface area contributed by atoms with Gasteiger partial charge in [0, 0.05) is 44.8 Å². The third-order valence-electron chi connectivity index (χ3n) is 6.62. The maximum atomic E-state index is 11.9. The predicted molar refractivity (Wildman–Crippen MR) is 117 cm³/mol. The van der Waals surface area contributed by atoms with E-state index in [-0.39, 0.29) is 11.9 Å². The van der Waals surface area contributed by atoms with Gasteiger partial charge in [-0.2, -0.15) is 5.10 Å². The number of fused-ring (bicyclic) bond motifs is 4. The summed E-state index contributed by atoms with van der Waals surface area (Å²) in [5, 5.41) is 7.22. The fourth-order valence-electron chi connectivity index (χ4n) is 4.89. The first-order chi connectivity index (χ1) is 15.0. The molecule has 1 atom stereocenters. The van der Waals surface area contributed by atoms with Crippen LogP contribution >= 0.6 is 0 Å². The molecular formula is C24H27N3O4. The first-order valence-electron chi connectivity index (χ1n) is 10.7. The minimum atomic E-state index is -0.591. The molecule has 0 saturated carbocycles. The highest BCUT2D eigenvalue weighted by atomic mass is 16.5. The monoisotopic (exact) mass is 421 g/mol. The van der Waals surface area contributed by atoms with Gasteiger partial charge in [-0.05, 0) is 35.9 Å². The van der Waals surface area contributed by atoms with Crippen LogP contribution in [-0.2, 0) is 4.79 Å². The molecule has 162 valence electrons. The van der Waals surface area contributed by atoms with Gasteiger partial charge in [0.1, 0.15) is 5.75 Å². The summed E-state index contributed by atoms with van der Waals surface area (Å²) in [6.07, 6.45) is 2.17. The van der Waals surface area contributed by atoms with Crippen molar-refractivity contribution in [1.29, 1.82) is 0 Å². The van der Waals surface area contributed by atoms with Gasteiger partial charge in [0.05, 0.1) is 26.0 Å². The molecule has 0 bridgehead atoms. The van der Waals surface area contributed by atoms with Gasteiger partial charge < -0.3 is 19.1 Å². The highest BCUT2D eigenvalue weighted by Gasteiger charge is 2.52. The van der Waals surface area contributed by atoms with Crippen molar-refractivity contribution in [2.24, 2.45) is 5.10 Å². The Morgan fingerprint density at radius 2 is 1.84 bits per heavy atom. The van der Waals surface area contributed by atoms with Crippen LogP contribution in [0, 0.1) is 0 Å². The first-order valence-corrected chi connectivity index (χ1v) is 10.7. The molecule has 3 heterocycles. The van der Waals surface area contributed by atoms with E-state index in [1.165, 1.54) is 0 Å². The topological polar surface area (TPSA) is 63.6 Å². The summed E-state index contributed by atoms with van der Waals surface area (Å²) in [6, 6.07) is 14.1. The zero-order valence-corrected chi connectivity index (χ0v) is 18.1. The van der Waals surface area contributed by atoms with E-state index in [4.69, 9.17) is 19.3 Å². The van der Waals surface area contributed by atoms with Crippen molar-refractivity contribution in [2.45, 2.75) is 38.0 Å². The summed E-state index contributed by atoms with van der Waals surface area (Å²) in [5.74, 6) is 2.47. The quantitative estimate of drug-likeness (QED) is 0.758. The van der Waals surface area contributed by atoms with E-state index in [0.717, 1.165) is 40.5 Å². The molecule has 1 fully saturated rings. The van der Waals surface area contributed by atoms with Crippen molar-refractivity contribution < 1.29 is 19.0 Å². The zero-order chi connectivity index (χ0) is 21.6. The van der Waals surface area contributed by atoms with E-state index >= 15 is 0 Å². The van der Waals surface area contributed by atoms with Crippen molar-refractivity contribution in [2.75, 3.05) is 27.3 Å². The Labute approximate surface area is 182 Å². The van der Waals surface area contributed by atoms with Gasteiger partial charge in [-0.1, -0.05) is 12.1 Å². The number of hydrogen-bond donors (Lipinski definition) is 0. The van der Waals surface area contributed by atoms with Crippen LogP contribution in [0.1, 0.15) is 43.4 Å². The van der Waals surface area contributed by atoms with Gasteiger partial charge in [-0.15, -0.1) is 0 Å². The van der Waals surface area contributed by atoms with E-state index in [1.54, 1.807) is 21.1 Å². The van der Waals surface area contributed by atoms with Crippen molar-refractivity contribution in [3.05, 3.63) is 53.6 Å². The van der Waals surface area contributed by atoms with Crippen LogP contribution in [-0.4, -0.2) is 54.6 Å². The van der Waals surface area contributed by atoms with Crippen LogP contribution in [0.4, 0.5) is 0 Å². The lowest BCUT2D eigenvalue weighted by atomic mass is 9.90. The van der Waals surface area contributed by atoms with Crippen LogP contribution in [0.25, 0.3) is 0 Å². The third kappa shape index (κ3) is 3.19. The minimum absolute atomic E-state index is 0.0693. The molecule has 0 radical (unpaired) electrons. The SMILES string of the molecule is COc1ccc(C2=NN3C(C2)c2cccc(OC)c2OC32CCN(C(C)=O)CC2)cc1. The number of likely N-dealkylation sites (tertiary alicyclic amines) is 1. The molecule has 2 aromatic rings. The number of benzene rings is 2. The third-order valence-corrected chi connectivity index (χ3v) is 6.62. The molecule has 7 heteroatoms. The van der Waals surface area contributed by atoms with Gasteiger partial charge in [0.15, 0.2) is 11.5 Å². The highest BCUT2D eigenvalue weighted by molar-refractivity contribution is 6.02. The van der Waals surface area contributed by atoms with Crippen LogP contribution in [0.5, 0.6) is 17.2 Å². The molecule has 31 heavy (non-hydrogen) atoms. The summed E-state index contributed by atoms with van der Waals surface area (Å²) in [5.41, 5.74) is 2.61. The number of para-hydroxylation sites is 1. The maximum Gasteiger partial charge on any atom is 0.219 e. The second-order valence-electron chi connectivity index (χ2n) is 8.27. The normalized spacial score (nSPS) is 21.1. The van der Waals surface area contributed by atoms with E-state index in [2.05, 4.69) is 23.2 Å². The zero-order valence-electron chi connectivity index (χ0n) is 18.1. The molecule has 0 aromatic heterocycles. The largest absolute Gasteiger partial charge is 0.497 e. The molecule has 1 saturated heterocycles. The number of carbonyl (C=O) groups excluding carboxylic acids is 1. The van der Waals surface area contributed by atoms with Gasteiger partial charge >= 0.3 is 0 Å². The summed E-state index contributed by atoms with van der Waals surface area (Å²) in [6.45, 7) is 2.92. The fraction of sp³-hybridized carbons (Fsp3) is 0.417. The Kier molecular flexibility index (Phi) is 4.76. The molecule has 1 unspecified atom stereocenters. The lowest BCUT2D eigenvalue weighted by molar-refractivity contribution is -0.159. The molecule has 1 spiro atoms. The van der Waals surface area contributed by atoms with Gasteiger partial charge in [-0.25, -0.2) is 5.01 Å². The Hall–Kier alpha value is -3.22.